The van der Waals surface area contributed by atoms with Crippen molar-refractivity contribution in [3.05, 3.63) is 12.2 Å². The molecule has 2 saturated heterocycles. The van der Waals surface area contributed by atoms with Crippen molar-refractivity contribution in [1.82, 2.24) is 4.90 Å². The summed E-state index contributed by atoms with van der Waals surface area (Å²) < 4.78 is 0. The van der Waals surface area contributed by atoms with Crippen LogP contribution in [0.5, 0.6) is 0 Å². The van der Waals surface area contributed by atoms with Gasteiger partial charge in [0.2, 0.25) is 0 Å². The summed E-state index contributed by atoms with van der Waals surface area (Å²) in [6.07, 6.45) is 6.93. The van der Waals surface area contributed by atoms with Gasteiger partial charge in [0.25, 0.3) is 0 Å². The van der Waals surface area contributed by atoms with Gasteiger partial charge in [0, 0.05) is 0 Å². The fraction of sp³-hybridized carbons (Fsp3) is 0.778. The van der Waals surface area contributed by atoms with Gasteiger partial charge in [0.1, 0.15) is 7.28 Å². The molecule has 3 radical (unpaired) electrons. The Morgan fingerprint density at radius 2 is 2.50 bits per heavy atom. The van der Waals surface area contributed by atoms with Gasteiger partial charge in [0.15, 0.2) is 0 Å². The summed E-state index contributed by atoms with van der Waals surface area (Å²) in [5.41, 5.74) is 0.252. The molecule has 1 aliphatic carbocycles. The number of hydrogen-bond acceptors (Lipinski definition) is 1. The minimum atomic E-state index is 0.0116. The molecule has 0 aromatic rings. The molecular formula is C9H12B2N. The molecule has 3 aliphatic rings. The van der Waals surface area contributed by atoms with Crippen molar-refractivity contribution in [2.75, 3.05) is 13.6 Å². The predicted octanol–water partition coefficient (Wildman–Crippen LogP) is 0.597. The minimum absolute atomic E-state index is 0.0116. The van der Waals surface area contributed by atoms with Crippen LogP contribution in [0.15, 0.2) is 12.2 Å². The molecule has 3 rings (SSSR count). The molecule has 0 bridgehead atoms. The van der Waals surface area contributed by atoms with E-state index in [9.17, 15) is 0 Å². The van der Waals surface area contributed by atoms with Gasteiger partial charge in [-0.1, -0.05) is 17.4 Å². The molecule has 0 aromatic heterocycles. The molecule has 3 atom stereocenters. The smallest absolute Gasteiger partial charge is 0.136 e. The molecule has 2 aliphatic heterocycles. The van der Waals surface area contributed by atoms with Crippen molar-refractivity contribution in [3.8, 4) is 0 Å². The molecule has 59 valence electrons. The fourth-order valence-electron chi connectivity index (χ4n) is 3.19. The molecule has 1 spiro atoms. The molecule has 2 heterocycles. The van der Waals surface area contributed by atoms with E-state index in [2.05, 4.69) is 31.4 Å². The van der Waals surface area contributed by atoms with Crippen LogP contribution in [-0.2, 0) is 0 Å². The normalized spacial score (nSPS) is 55.9. The highest BCUT2D eigenvalue weighted by Crippen LogP contribution is 2.67. The second kappa shape index (κ2) is 1.84. The molecule has 1 nitrogen and oxygen atoms in total. The van der Waals surface area contributed by atoms with Crippen LogP contribution in [0, 0.1) is 5.92 Å². The van der Waals surface area contributed by atoms with Gasteiger partial charge in [-0.15, -0.1) is 0 Å². The Balaban J connectivity index is 2.06. The summed E-state index contributed by atoms with van der Waals surface area (Å²) >= 11 is 0. The van der Waals surface area contributed by atoms with Gasteiger partial charge in [-0.2, -0.15) is 0 Å². The van der Waals surface area contributed by atoms with Gasteiger partial charge in [-0.25, -0.2) is 0 Å². The van der Waals surface area contributed by atoms with Crippen LogP contribution in [0.3, 0.4) is 0 Å². The Morgan fingerprint density at radius 3 is 3.25 bits per heavy atom. The first kappa shape index (κ1) is 7.25. The van der Waals surface area contributed by atoms with Gasteiger partial charge in [-0.3, -0.25) is 0 Å². The SMILES string of the molecule is [B]C12[B][C@@]13C(C=CC2)CCN3C. The van der Waals surface area contributed by atoms with Crippen LogP contribution >= 0.6 is 0 Å². The highest BCUT2D eigenvalue weighted by Gasteiger charge is 2.71. The van der Waals surface area contributed by atoms with Crippen LogP contribution in [0.4, 0.5) is 0 Å². The lowest BCUT2D eigenvalue weighted by atomic mass is 9.67. The maximum atomic E-state index is 6.27. The Hall–Kier alpha value is -0.170. The van der Waals surface area contributed by atoms with E-state index in [4.69, 9.17) is 7.85 Å². The van der Waals surface area contributed by atoms with E-state index < -0.39 is 0 Å². The van der Waals surface area contributed by atoms with E-state index in [-0.39, 0.29) is 10.7 Å². The van der Waals surface area contributed by atoms with Crippen LogP contribution < -0.4 is 0 Å². The average Bonchev–Trinajstić information content (AvgIpc) is 2.58. The van der Waals surface area contributed by atoms with Crippen LogP contribution in [-0.4, -0.2) is 39.1 Å². The molecule has 0 amide bonds. The highest BCUT2D eigenvalue weighted by atomic mass is 15.2. The Morgan fingerprint density at radius 1 is 1.67 bits per heavy atom. The summed E-state index contributed by atoms with van der Waals surface area (Å²) in [6, 6.07) is 0. The predicted molar refractivity (Wildman–Crippen MR) is 51.4 cm³/mol. The van der Waals surface area contributed by atoms with E-state index in [1.165, 1.54) is 13.0 Å². The molecule has 0 aromatic carbocycles. The zero-order chi connectivity index (χ0) is 8.40. The van der Waals surface area contributed by atoms with Crippen molar-refractivity contribution < 1.29 is 0 Å². The number of likely N-dealkylation sites (tertiary alicyclic amines) is 1. The molecule has 2 unspecified atom stereocenters. The number of hydrogen-bond donors (Lipinski definition) is 0. The van der Waals surface area contributed by atoms with Gasteiger partial charge in [-0.05, 0) is 37.8 Å². The molecule has 12 heavy (non-hydrogen) atoms. The quantitative estimate of drug-likeness (QED) is 0.366. The van der Waals surface area contributed by atoms with Gasteiger partial charge < -0.3 is 4.90 Å². The van der Waals surface area contributed by atoms with Crippen molar-refractivity contribution in [2.45, 2.75) is 23.5 Å². The Bertz CT molecular complexity index is 265. The molecule has 3 heteroatoms. The first-order valence-electron chi connectivity index (χ1n) is 4.73. The second-order valence-corrected chi connectivity index (χ2v) is 4.46. The van der Waals surface area contributed by atoms with Crippen molar-refractivity contribution in [3.63, 3.8) is 0 Å². The zero-order valence-electron chi connectivity index (χ0n) is 7.46. The third kappa shape index (κ3) is 0.565. The summed E-state index contributed by atoms with van der Waals surface area (Å²) in [7, 11) is 10.8. The van der Waals surface area contributed by atoms with Crippen molar-refractivity contribution in [1.29, 1.82) is 0 Å². The lowest BCUT2D eigenvalue weighted by Gasteiger charge is -2.33. The summed E-state index contributed by atoms with van der Waals surface area (Å²) in [4.78, 5) is 2.43. The van der Waals surface area contributed by atoms with E-state index in [1.54, 1.807) is 0 Å². The van der Waals surface area contributed by atoms with E-state index >= 15 is 0 Å². The molecule has 0 saturated carbocycles. The summed E-state index contributed by atoms with van der Waals surface area (Å²) in [5.74, 6) is 0.696. The standard InChI is InChI=1S/C9H12B2N/c1-12-6-4-7-3-2-5-8(10)9(7,12)11-8/h2-3,7H,4-6H2,1H3/t7?,8?,9-/m1/s1. The highest BCUT2D eigenvalue weighted by molar-refractivity contribution is 6.72. The lowest BCUT2D eigenvalue weighted by molar-refractivity contribution is 0.263. The monoisotopic (exact) mass is 156 g/mol. The van der Waals surface area contributed by atoms with Crippen LogP contribution in [0.1, 0.15) is 12.8 Å². The first-order chi connectivity index (χ1) is 5.69. The van der Waals surface area contributed by atoms with E-state index in [1.807, 2.05) is 0 Å². The molecule has 2 fully saturated rings. The second-order valence-electron chi connectivity index (χ2n) is 4.46. The van der Waals surface area contributed by atoms with Crippen molar-refractivity contribution >= 4 is 15.1 Å². The maximum Gasteiger partial charge on any atom is 0.136 e. The van der Waals surface area contributed by atoms with Crippen molar-refractivity contribution in [2.24, 2.45) is 5.92 Å². The minimum Gasteiger partial charge on any atom is -0.309 e. The van der Waals surface area contributed by atoms with Gasteiger partial charge >= 0.3 is 0 Å². The third-order valence-corrected chi connectivity index (χ3v) is 3.94. The van der Waals surface area contributed by atoms with E-state index in [0.29, 0.717) is 5.92 Å². The fourth-order valence-corrected chi connectivity index (χ4v) is 3.19. The third-order valence-electron chi connectivity index (χ3n) is 3.94. The summed E-state index contributed by atoms with van der Waals surface area (Å²) in [5, 5.41) is 0.0116. The van der Waals surface area contributed by atoms with Gasteiger partial charge in [0.05, 0.1) is 7.85 Å². The Labute approximate surface area is 75.9 Å². The Kier molecular flexibility index (Phi) is 1.11. The number of allylic oxidation sites excluding steroid dienone is 1. The largest absolute Gasteiger partial charge is 0.309 e. The molecule has 0 N–H and O–H groups in total. The topological polar surface area (TPSA) is 3.24 Å². The van der Waals surface area contributed by atoms with Crippen LogP contribution in [0.2, 0.25) is 5.21 Å². The van der Waals surface area contributed by atoms with E-state index in [0.717, 1.165) is 6.42 Å². The average molecular weight is 156 g/mol. The molecular weight excluding hydrogens is 144 g/mol. The maximum absolute atomic E-state index is 6.27. The zero-order valence-corrected chi connectivity index (χ0v) is 7.46. The number of nitrogens with zero attached hydrogens (tertiary/aromatic N) is 1. The number of rotatable bonds is 0. The lowest BCUT2D eigenvalue weighted by Crippen LogP contribution is -2.37. The summed E-state index contributed by atoms with van der Waals surface area (Å²) in [6.45, 7) is 1.20. The van der Waals surface area contributed by atoms with Crippen LogP contribution in [0.25, 0.3) is 0 Å². The first-order valence-corrected chi connectivity index (χ1v) is 4.73.